The average molecular weight is 418 g/mol. The quantitative estimate of drug-likeness (QED) is 0.493. The number of H-pyrrole nitrogens is 1. The van der Waals surface area contributed by atoms with Crippen molar-refractivity contribution in [1.82, 2.24) is 4.98 Å². The van der Waals surface area contributed by atoms with Crippen LogP contribution in [0, 0.1) is 0 Å². The normalized spacial score (nSPS) is 10.6. The molecule has 2 N–H and O–H groups in total. The summed E-state index contributed by atoms with van der Waals surface area (Å²) in [5.41, 5.74) is -0.330. The highest BCUT2D eigenvalue weighted by molar-refractivity contribution is 6.33. The number of aromatic nitrogens is 1. The van der Waals surface area contributed by atoms with E-state index in [0.717, 1.165) is 0 Å². The Balaban J connectivity index is 2.27. The molecule has 2 aromatic carbocycles. The number of hydrogen-bond acceptors (Lipinski definition) is 7. The number of methoxy groups -OCH3 is 1. The molecule has 9 heteroatoms. The highest BCUT2D eigenvalue weighted by Crippen LogP contribution is 2.40. The molecule has 1 heterocycles. The fourth-order valence-corrected chi connectivity index (χ4v) is 3.10. The van der Waals surface area contributed by atoms with Gasteiger partial charge in [0.25, 0.3) is 5.56 Å². The van der Waals surface area contributed by atoms with Gasteiger partial charge in [0, 0.05) is 36.9 Å². The number of aromatic hydroxyl groups is 1. The second kappa shape index (κ2) is 7.84. The lowest BCUT2D eigenvalue weighted by molar-refractivity contribution is -0.132. The van der Waals surface area contributed by atoms with Crippen molar-refractivity contribution in [2.75, 3.05) is 7.11 Å². The summed E-state index contributed by atoms with van der Waals surface area (Å²) in [5.74, 6) is -1.20. The van der Waals surface area contributed by atoms with E-state index in [2.05, 4.69) is 4.98 Å². The van der Waals surface area contributed by atoms with Crippen molar-refractivity contribution in [3.63, 3.8) is 0 Å². The fraction of sp³-hybridized carbons (Fsp3) is 0.150. The lowest BCUT2D eigenvalue weighted by atomic mass is 10.0. The first-order valence-corrected chi connectivity index (χ1v) is 8.72. The molecule has 3 aromatic rings. The third-order valence-corrected chi connectivity index (χ3v) is 4.29. The van der Waals surface area contributed by atoms with Crippen LogP contribution < -0.4 is 19.8 Å². The SMILES string of the molecule is COc1cc2[nH]c(=O)c(-c3ccc(OC(C)=O)cc3OC(C)=O)c(O)c2cc1Cl. The first kappa shape index (κ1) is 20.2. The van der Waals surface area contributed by atoms with Crippen molar-refractivity contribution >= 4 is 34.4 Å². The number of esters is 2. The minimum atomic E-state index is -0.657. The van der Waals surface area contributed by atoms with Gasteiger partial charge < -0.3 is 24.3 Å². The summed E-state index contributed by atoms with van der Waals surface area (Å²) >= 11 is 6.14. The second-order valence-corrected chi connectivity index (χ2v) is 6.46. The van der Waals surface area contributed by atoms with Crippen LogP contribution in [-0.2, 0) is 9.59 Å². The Kier molecular flexibility index (Phi) is 5.47. The largest absolute Gasteiger partial charge is 0.506 e. The van der Waals surface area contributed by atoms with Crippen molar-refractivity contribution in [1.29, 1.82) is 0 Å². The highest BCUT2D eigenvalue weighted by Gasteiger charge is 2.21. The van der Waals surface area contributed by atoms with Crippen LogP contribution in [0.5, 0.6) is 23.0 Å². The Bertz CT molecular complexity index is 1200. The Morgan fingerprint density at radius 1 is 1.03 bits per heavy atom. The van der Waals surface area contributed by atoms with Gasteiger partial charge in [-0.3, -0.25) is 14.4 Å². The molecule has 3 rings (SSSR count). The van der Waals surface area contributed by atoms with E-state index >= 15 is 0 Å². The predicted octanol–water partition coefficient (Wildman–Crippen LogP) is 3.41. The van der Waals surface area contributed by atoms with Gasteiger partial charge in [-0.15, -0.1) is 0 Å². The maximum Gasteiger partial charge on any atom is 0.308 e. The van der Waals surface area contributed by atoms with E-state index in [4.69, 9.17) is 25.8 Å². The van der Waals surface area contributed by atoms with Crippen LogP contribution in [-0.4, -0.2) is 29.1 Å². The van der Waals surface area contributed by atoms with Crippen molar-refractivity contribution < 1.29 is 28.9 Å². The van der Waals surface area contributed by atoms with Crippen molar-refractivity contribution in [2.45, 2.75) is 13.8 Å². The van der Waals surface area contributed by atoms with Crippen LogP contribution in [0.2, 0.25) is 5.02 Å². The van der Waals surface area contributed by atoms with E-state index < -0.39 is 17.5 Å². The zero-order valence-electron chi connectivity index (χ0n) is 15.7. The maximum atomic E-state index is 12.7. The molecule has 0 amide bonds. The number of carbonyl (C=O) groups excluding carboxylic acids is 2. The number of halogens is 1. The molecule has 29 heavy (non-hydrogen) atoms. The lowest BCUT2D eigenvalue weighted by Crippen LogP contribution is -2.12. The molecule has 0 bridgehead atoms. The van der Waals surface area contributed by atoms with Crippen molar-refractivity contribution in [3.8, 4) is 34.1 Å². The van der Waals surface area contributed by atoms with Crippen LogP contribution in [0.4, 0.5) is 0 Å². The van der Waals surface area contributed by atoms with E-state index in [9.17, 15) is 19.5 Å². The van der Waals surface area contributed by atoms with E-state index in [1.807, 2.05) is 0 Å². The lowest BCUT2D eigenvalue weighted by Gasteiger charge is -2.14. The number of carbonyl (C=O) groups is 2. The van der Waals surface area contributed by atoms with Gasteiger partial charge in [0.2, 0.25) is 0 Å². The highest BCUT2D eigenvalue weighted by atomic mass is 35.5. The smallest absolute Gasteiger partial charge is 0.308 e. The minimum absolute atomic E-state index is 0.0593. The molecule has 0 aliphatic heterocycles. The van der Waals surface area contributed by atoms with E-state index in [1.165, 1.54) is 51.3 Å². The van der Waals surface area contributed by atoms with Crippen LogP contribution in [0.15, 0.2) is 35.1 Å². The van der Waals surface area contributed by atoms with Crippen LogP contribution >= 0.6 is 11.6 Å². The monoisotopic (exact) mass is 417 g/mol. The Labute approximate surface area is 169 Å². The van der Waals surface area contributed by atoms with Gasteiger partial charge in [0.1, 0.15) is 23.0 Å². The van der Waals surface area contributed by atoms with Crippen molar-refractivity contribution in [3.05, 3.63) is 45.7 Å². The zero-order chi connectivity index (χ0) is 21.3. The number of nitrogens with one attached hydrogen (secondary N) is 1. The number of ether oxygens (including phenoxy) is 3. The number of rotatable bonds is 4. The summed E-state index contributed by atoms with van der Waals surface area (Å²) < 4.78 is 15.3. The molecule has 0 aliphatic rings. The van der Waals surface area contributed by atoms with E-state index in [0.29, 0.717) is 11.3 Å². The standard InChI is InChI=1S/C20H16ClNO7/c1-9(23)28-11-4-5-12(16(6-11)29-10(2)24)18-19(25)13-7-14(21)17(27-3)8-15(13)22-20(18)26/h4-8H,1-3H3,(H2,22,25,26). The molecule has 0 aliphatic carbocycles. The minimum Gasteiger partial charge on any atom is -0.506 e. The topological polar surface area (TPSA) is 115 Å². The number of benzene rings is 2. The molecule has 0 saturated heterocycles. The first-order chi connectivity index (χ1) is 13.7. The second-order valence-electron chi connectivity index (χ2n) is 6.06. The average Bonchev–Trinajstić information content (AvgIpc) is 2.62. The molecule has 150 valence electrons. The molecule has 8 nitrogen and oxygen atoms in total. The Morgan fingerprint density at radius 2 is 1.72 bits per heavy atom. The number of aromatic amines is 1. The summed E-state index contributed by atoms with van der Waals surface area (Å²) in [5, 5.41) is 11.3. The number of fused-ring (bicyclic) bond motifs is 1. The van der Waals surface area contributed by atoms with Gasteiger partial charge in [0.05, 0.1) is 23.2 Å². The van der Waals surface area contributed by atoms with Gasteiger partial charge in [0.15, 0.2) is 0 Å². The summed E-state index contributed by atoms with van der Waals surface area (Å²) in [4.78, 5) is 38.1. The van der Waals surface area contributed by atoms with E-state index in [1.54, 1.807) is 0 Å². The molecule has 1 aromatic heterocycles. The molecule has 0 atom stereocenters. The maximum absolute atomic E-state index is 12.7. The summed E-state index contributed by atoms with van der Waals surface area (Å²) in [6, 6.07) is 7.02. The Hall–Kier alpha value is -3.52. The molecule has 0 spiro atoms. The fourth-order valence-electron chi connectivity index (χ4n) is 2.86. The van der Waals surface area contributed by atoms with Gasteiger partial charge >= 0.3 is 11.9 Å². The van der Waals surface area contributed by atoms with Gasteiger partial charge in [-0.05, 0) is 18.2 Å². The number of hydrogen-bond donors (Lipinski definition) is 2. The Morgan fingerprint density at radius 3 is 2.34 bits per heavy atom. The van der Waals surface area contributed by atoms with Gasteiger partial charge in [-0.25, -0.2) is 0 Å². The molecule has 0 fully saturated rings. The molecule has 0 saturated carbocycles. The summed E-state index contributed by atoms with van der Waals surface area (Å²) in [6.45, 7) is 2.40. The van der Waals surface area contributed by atoms with Crippen LogP contribution in [0.3, 0.4) is 0 Å². The zero-order valence-corrected chi connectivity index (χ0v) is 16.4. The predicted molar refractivity (Wildman–Crippen MR) is 106 cm³/mol. The summed E-state index contributed by atoms with van der Waals surface area (Å²) in [7, 11) is 1.43. The van der Waals surface area contributed by atoms with Crippen LogP contribution in [0.25, 0.3) is 22.0 Å². The van der Waals surface area contributed by atoms with Gasteiger partial charge in [-0.2, -0.15) is 0 Å². The van der Waals surface area contributed by atoms with Crippen molar-refractivity contribution in [2.24, 2.45) is 0 Å². The molecule has 0 radical (unpaired) electrons. The molecule has 0 unspecified atom stereocenters. The third-order valence-electron chi connectivity index (χ3n) is 4.00. The number of pyridine rings is 1. The van der Waals surface area contributed by atoms with Gasteiger partial charge in [-0.1, -0.05) is 11.6 Å². The van der Waals surface area contributed by atoms with Crippen LogP contribution in [0.1, 0.15) is 13.8 Å². The summed E-state index contributed by atoms with van der Waals surface area (Å²) in [6.07, 6.45) is 0. The molecular formula is C20H16ClNO7. The molecular weight excluding hydrogens is 402 g/mol. The van der Waals surface area contributed by atoms with E-state index in [-0.39, 0.29) is 38.8 Å². The third kappa shape index (κ3) is 4.02. The first-order valence-electron chi connectivity index (χ1n) is 8.35.